The summed E-state index contributed by atoms with van der Waals surface area (Å²) >= 11 is 0. The number of rotatable bonds is 10. The maximum absolute atomic E-state index is 13.3. The minimum absolute atomic E-state index is 0.104. The Bertz CT molecular complexity index is 1100. The van der Waals surface area contributed by atoms with Gasteiger partial charge in [0, 0.05) is 32.5 Å². The molecule has 11 heteroatoms. The number of amides is 4. The second kappa shape index (κ2) is 12.5. The van der Waals surface area contributed by atoms with Crippen LogP contribution in [0.1, 0.15) is 60.5 Å². The summed E-state index contributed by atoms with van der Waals surface area (Å²) in [5.74, 6) is -1.87. The topological polar surface area (TPSA) is 157 Å². The molecule has 4 amide bonds. The highest BCUT2D eigenvalue weighted by molar-refractivity contribution is 5.92. The van der Waals surface area contributed by atoms with Crippen LogP contribution in [0, 0.1) is 5.92 Å². The number of benzene rings is 1. The van der Waals surface area contributed by atoms with Crippen molar-refractivity contribution in [3.8, 4) is 5.75 Å². The van der Waals surface area contributed by atoms with E-state index in [1.165, 1.54) is 24.9 Å². The van der Waals surface area contributed by atoms with Crippen LogP contribution >= 0.6 is 0 Å². The van der Waals surface area contributed by atoms with E-state index >= 15 is 0 Å². The molecule has 1 aromatic rings. The molecule has 5 unspecified atom stereocenters. The molecule has 5 N–H and O–H groups in total. The van der Waals surface area contributed by atoms with Crippen molar-refractivity contribution in [1.29, 1.82) is 0 Å². The number of aliphatic hydroxyl groups is 1. The van der Waals surface area contributed by atoms with Gasteiger partial charge in [-0.1, -0.05) is 19.1 Å². The van der Waals surface area contributed by atoms with Gasteiger partial charge in [-0.15, -0.1) is 0 Å². The highest BCUT2D eigenvalue weighted by Gasteiger charge is 2.48. The van der Waals surface area contributed by atoms with Crippen molar-refractivity contribution in [3.63, 3.8) is 0 Å². The molecule has 0 aliphatic carbocycles. The molecule has 0 bridgehead atoms. The average molecular weight is 547 g/mol. The molecular weight excluding hydrogens is 504 g/mol. The Balaban J connectivity index is 2.22. The Morgan fingerprint density at radius 3 is 2.28 bits per heavy atom. The summed E-state index contributed by atoms with van der Waals surface area (Å²) in [5, 5.41) is 28.1. The van der Waals surface area contributed by atoms with E-state index in [-0.39, 0.29) is 18.1 Å². The number of likely N-dealkylation sites (N-methyl/N-ethyl adjacent to an activating group) is 1. The molecule has 2 rings (SSSR count). The lowest BCUT2D eigenvalue weighted by atomic mass is 9.87. The van der Waals surface area contributed by atoms with Gasteiger partial charge in [0.1, 0.15) is 34.8 Å². The van der Waals surface area contributed by atoms with Crippen molar-refractivity contribution >= 4 is 23.6 Å². The van der Waals surface area contributed by atoms with Crippen molar-refractivity contribution in [3.05, 3.63) is 41.8 Å². The predicted octanol–water partition coefficient (Wildman–Crippen LogP) is 1.33. The van der Waals surface area contributed by atoms with Gasteiger partial charge in [0.2, 0.25) is 23.6 Å². The van der Waals surface area contributed by atoms with Gasteiger partial charge in [-0.2, -0.15) is 0 Å². The molecule has 0 saturated carbocycles. The van der Waals surface area contributed by atoms with Crippen LogP contribution in [0.15, 0.2) is 36.2 Å². The van der Waals surface area contributed by atoms with E-state index in [9.17, 15) is 29.4 Å². The Morgan fingerprint density at radius 1 is 1.10 bits per heavy atom. The fraction of sp³-hybridized carbons (Fsp3) is 0.571. The number of hydrogen-bond acceptors (Lipinski definition) is 7. The number of nitrogens with one attached hydrogen (secondary N) is 3. The summed E-state index contributed by atoms with van der Waals surface area (Å²) in [4.78, 5) is 52.3. The van der Waals surface area contributed by atoms with Crippen molar-refractivity contribution in [2.24, 2.45) is 5.92 Å². The first kappa shape index (κ1) is 31.6. The van der Waals surface area contributed by atoms with E-state index in [1.807, 2.05) is 6.07 Å². The Hall–Kier alpha value is -3.60. The van der Waals surface area contributed by atoms with Gasteiger partial charge in [-0.3, -0.25) is 19.2 Å². The molecule has 216 valence electrons. The minimum atomic E-state index is -1.18. The summed E-state index contributed by atoms with van der Waals surface area (Å²) in [6.45, 7) is 11.3. The van der Waals surface area contributed by atoms with Crippen molar-refractivity contribution in [2.75, 3.05) is 7.05 Å². The first-order chi connectivity index (χ1) is 17.9. The molecule has 0 spiro atoms. The highest BCUT2D eigenvalue weighted by atomic mass is 16.5. The van der Waals surface area contributed by atoms with E-state index in [4.69, 9.17) is 4.74 Å². The lowest BCUT2D eigenvalue weighted by Gasteiger charge is -2.33. The SMILES string of the molecule is CC(=O)NC(C)C(=O)NC(C(=O)N/C=C1/CC(C)(O)C(C)(C)O1)C(C)N(C)C(=O)C(C)Cc1cccc(O)c1. The molecule has 39 heavy (non-hydrogen) atoms. The zero-order chi connectivity index (χ0) is 29.7. The predicted molar refractivity (Wildman–Crippen MR) is 145 cm³/mol. The van der Waals surface area contributed by atoms with Crippen molar-refractivity contribution in [2.45, 2.75) is 90.6 Å². The van der Waals surface area contributed by atoms with E-state index in [0.717, 1.165) is 5.56 Å². The maximum atomic E-state index is 13.3. The van der Waals surface area contributed by atoms with Crippen LogP contribution < -0.4 is 16.0 Å². The largest absolute Gasteiger partial charge is 0.508 e. The summed E-state index contributed by atoms with van der Waals surface area (Å²) in [6.07, 6.45) is 1.89. The molecule has 0 radical (unpaired) electrons. The first-order valence-electron chi connectivity index (χ1n) is 13.0. The Morgan fingerprint density at radius 2 is 1.74 bits per heavy atom. The summed E-state index contributed by atoms with van der Waals surface area (Å²) in [5.41, 5.74) is -1.22. The van der Waals surface area contributed by atoms with Crippen LogP contribution in [0.3, 0.4) is 0 Å². The van der Waals surface area contributed by atoms with E-state index in [2.05, 4.69) is 16.0 Å². The number of hydrogen-bond donors (Lipinski definition) is 5. The zero-order valence-corrected chi connectivity index (χ0v) is 24.0. The molecule has 11 nitrogen and oxygen atoms in total. The van der Waals surface area contributed by atoms with Crippen LogP contribution in [0.4, 0.5) is 0 Å². The van der Waals surface area contributed by atoms with Crippen LogP contribution in [-0.2, 0) is 30.3 Å². The smallest absolute Gasteiger partial charge is 0.248 e. The lowest BCUT2D eigenvalue weighted by molar-refractivity contribution is -0.139. The number of carbonyl (C=O) groups is 4. The Kier molecular flexibility index (Phi) is 10.1. The maximum Gasteiger partial charge on any atom is 0.248 e. The second-order valence-electron chi connectivity index (χ2n) is 11.1. The van der Waals surface area contributed by atoms with E-state index in [1.54, 1.807) is 59.9 Å². The van der Waals surface area contributed by atoms with Crippen LogP contribution in [0.25, 0.3) is 0 Å². The number of carbonyl (C=O) groups excluding carboxylic acids is 4. The summed E-state index contributed by atoms with van der Waals surface area (Å²) in [6, 6.07) is 3.77. The fourth-order valence-electron chi connectivity index (χ4n) is 4.30. The molecule has 1 fully saturated rings. The molecule has 5 atom stereocenters. The van der Waals surface area contributed by atoms with Crippen LogP contribution in [0.5, 0.6) is 5.75 Å². The number of aromatic hydroxyl groups is 1. The third-order valence-electron chi connectivity index (χ3n) is 7.29. The number of phenols is 1. The van der Waals surface area contributed by atoms with Crippen molar-refractivity contribution < 1.29 is 34.1 Å². The quantitative estimate of drug-likeness (QED) is 0.296. The minimum Gasteiger partial charge on any atom is -0.508 e. The summed E-state index contributed by atoms with van der Waals surface area (Å²) in [7, 11) is 1.55. The van der Waals surface area contributed by atoms with E-state index < -0.39 is 53.0 Å². The van der Waals surface area contributed by atoms with Gasteiger partial charge < -0.3 is 35.8 Å². The normalized spacial score (nSPS) is 22.1. The van der Waals surface area contributed by atoms with Gasteiger partial charge in [-0.25, -0.2) is 0 Å². The number of ether oxygens (including phenoxy) is 1. The summed E-state index contributed by atoms with van der Waals surface area (Å²) < 4.78 is 5.78. The van der Waals surface area contributed by atoms with Gasteiger partial charge in [0.25, 0.3) is 0 Å². The monoisotopic (exact) mass is 546 g/mol. The van der Waals surface area contributed by atoms with E-state index in [0.29, 0.717) is 12.2 Å². The number of nitrogens with zero attached hydrogens (tertiary/aromatic N) is 1. The third kappa shape index (κ3) is 8.19. The second-order valence-corrected chi connectivity index (χ2v) is 11.1. The average Bonchev–Trinajstić information content (AvgIpc) is 3.04. The molecular formula is C28H42N4O7. The zero-order valence-electron chi connectivity index (χ0n) is 24.0. The third-order valence-corrected chi connectivity index (χ3v) is 7.29. The lowest BCUT2D eigenvalue weighted by Crippen LogP contribution is -2.60. The Labute approximate surface area is 230 Å². The molecule has 0 aromatic heterocycles. The standard InChI is InChI=1S/C28H42N4O7/c1-16(12-20-10-9-11-21(34)13-20)26(37)32(8)18(3)23(31-24(35)17(2)30-19(4)33)25(36)29-15-22-14-28(7,38)27(5,6)39-22/h9-11,13,15-18,23,34,38H,12,14H2,1-8H3,(H,29,36)(H,30,33)(H,31,35)/b22-15-. The van der Waals surface area contributed by atoms with Gasteiger partial charge in [0.15, 0.2) is 0 Å². The molecule has 1 aromatic carbocycles. The molecule has 1 aliphatic heterocycles. The first-order valence-corrected chi connectivity index (χ1v) is 13.0. The van der Waals surface area contributed by atoms with Gasteiger partial charge >= 0.3 is 0 Å². The van der Waals surface area contributed by atoms with Crippen LogP contribution in [0.2, 0.25) is 0 Å². The van der Waals surface area contributed by atoms with Crippen molar-refractivity contribution in [1.82, 2.24) is 20.9 Å². The highest BCUT2D eigenvalue weighted by Crippen LogP contribution is 2.40. The van der Waals surface area contributed by atoms with Crippen LogP contribution in [-0.4, -0.2) is 75.1 Å². The molecule has 1 aliphatic rings. The molecule has 1 saturated heterocycles. The van der Waals surface area contributed by atoms with Gasteiger partial charge in [-0.05, 0) is 58.7 Å². The molecule has 1 heterocycles. The number of phenolic OH excluding ortho intramolecular Hbond substituents is 1. The fourth-order valence-corrected chi connectivity index (χ4v) is 4.30. The van der Waals surface area contributed by atoms with Gasteiger partial charge in [0.05, 0.1) is 6.04 Å².